The quantitative estimate of drug-likeness (QED) is 0.780. The molecule has 5 nitrogen and oxygen atoms in total. The summed E-state index contributed by atoms with van der Waals surface area (Å²) in [6.07, 6.45) is 4.85. The minimum atomic E-state index is -1.02. The van der Waals surface area contributed by atoms with Crippen molar-refractivity contribution in [2.45, 2.75) is 39.2 Å². The van der Waals surface area contributed by atoms with Crippen molar-refractivity contribution >= 4 is 17.5 Å². The average molecular weight is 263 g/mol. The fourth-order valence-corrected chi connectivity index (χ4v) is 3.00. The molecule has 0 bridgehead atoms. The average Bonchev–Trinajstić information content (AvgIpc) is 2.30. The van der Waals surface area contributed by atoms with Gasteiger partial charge in [0.1, 0.15) is 5.82 Å². The second kappa shape index (κ2) is 5.47. The summed E-state index contributed by atoms with van der Waals surface area (Å²) in [5.41, 5.74) is 5.90. The van der Waals surface area contributed by atoms with Crippen LogP contribution in [0.15, 0.2) is 12.3 Å². The summed E-state index contributed by atoms with van der Waals surface area (Å²) in [4.78, 5) is 15.2. The molecule has 0 spiro atoms. The van der Waals surface area contributed by atoms with E-state index in [4.69, 9.17) is 10.8 Å². The number of nitrogens with zero attached hydrogens (tertiary/aromatic N) is 1. The number of hydrogen-bond donors (Lipinski definition) is 3. The first-order valence-corrected chi connectivity index (χ1v) is 6.71. The highest BCUT2D eigenvalue weighted by atomic mass is 16.4. The number of aromatic carboxylic acids is 1. The van der Waals surface area contributed by atoms with Gasteiger partial charge in [-0.15, -0.1) is 0 Å². The molecule has 0 aliphatic heterocycles. The molecule has 5 heteroatoms. The van der Waals surface area contributed by atoms with Crippen LogP contribution in [-0.4, -0.2) is 22.1 Å². The van der Waals surface area contributed by atoms with Crippen molar-refractivity contribution in [1.29, 1.82) is 0 Å². The van der Waals surface area contributed by atoms with Gasteiger partial charge in [-0.3, -0.25) is 0 Å². The van der Waals surface area contributed by atoms with E-state index < -0.39 is 5.97 Å². The SMILES string of the molecule is CC1CC(C)CC(Nc2cc(C(=O)O)c(N)cn2)C1. The van der Waals surface area contributed by atoms with E-state index in [-0.39, 0.29) is 11.3 Å². The van der Waals surface area contributed by atoms with Gasteiger partial charge in [-0.25, -0.2) is 9.78 Å². The monoisotopic (exact) mass is 263 g/mol. The molecule has 2 atom stereocenters. The van der Waals surface area contributed by atoms with Crippen LogP contribution in [0.2, 0.25) is 0 Å². The number of pyridine rings is 1. The first-order chi connectivity index (χ1) is 8.95. The highest BCUT2D eigenvalue weighted by Crippen LogP contribution is 2.30. The summed E-state index contributed by atoms with van der Waals surface area (Å²) in [6, 6.07) is 1.87. The highest BCUT2D eigenvalue weighted by Gasteiger charge is 2.24. The van der Waals surface area contributed by atoms with Crippen molar-refractivity contribution in [3.8, 4) is 0 Å². The lowest BCUT2D eigenvalue weighted by Gasteiger charge is -2.32. The number of carboxylic acid groups (broad SMARTS) is 1. The Kier molecular flexibility index (Phi) is 3.93. The smallest absolute Gasteiger partial charge is 0.337 e. The second-order valence-corrected chi connectivity index (χ2v) is 5.72. The summed E-state index contributed by atoms with van der Waals surface area (Å²) < 4.78 is 0. The molecular formula is C14H21N3O2. The molecule has 0 amide bonds. The van der Waals surface area contributed by atoms with Gasteiger partial charge in [0.05, 0.1) is 17.4 Å². The summed E-state index contributed by atoms with van der Waals surface area (Å²) in [6.45, 7) is 4.51. The molecule has 104 valence electrons. The highest BCUT2D eigenvalue weighted by molar-refractivity contribution is 5.94. The molecule has 2 rings (SSSR count). The molecule has 19 heavy (non-hydrogen) atoms. The Hall–Kier alpha value is -1.78. The van der Waals surface area contributed by atoms with Crippen LogP contribution in [0.25, 0.3) is 0 Å². The third-order valence-corrected chi connectivity index (χ3v) is 3.70. The molecule has 2 unspecified atom stereocenters. The first-order valence-electron chi connectivity index (χ1n) is 6.71. The van der Waals surface area contributed by atoms with Crippen LogP contribution in [0.4, 0.5) is 11.5 Å². The minimum Gasteiger partial charge on any atom is -0.478 e. The van der Waals surface area contributed by atoms with Crippen molar-refractivity contribution in [3.63, 3.8) is 0 Å². The maximum absolute atomic E-state index is 11.0. The largest absolute Gasteiger partial charge is 0.478 e. The summed E-state index contributed by atoms with van der Waals surface area (Å²) in [5.74, 6) is 0.953. The Labute approximate surface area is 113 Å². The molecule has 1 aromatic rings. The molecule has 0 radical (unpaired) electrons. The summed E-state index contributed by atoms with van der Waals surface area (Å²) in [7, 11) is 0. The molecule has 0 aromatic carbocycles. The van der Waals surface area contributed by atoms with E-state index in [1.165, 1.54) is 18.7 Å². The van der Waals surface area contributed by atoms with E-state index in [0.717, 1.165) is 12.8 Å². The van der Waals surface area contributed by atoms with Crippen molar-refractivity contribution in [2.24, 2.45) is 11.8 Å². The molecule has 4 N–H and O–H groups in total. The van der Waals surface area contributed by atoms with Crippen LogP contribution in [-0.2, 0) is 0 Å². The summed E-state index contributed by atoms with van der Waals surface area (Å²) in [5, 5.41) is 12.4. The number of aromatic nitrogens is 1. The number of nitrogen functional groups attached to an aromatic ring is 1. The van der Waals surface area contributed by atoms with Crippen molar-refractivity contribution in [2.75, 3.05) is 11.1 Å². The Balaban J connectivity index is 2.10. The van der Waals surface area contributed by atoms with E-state index in [9.17, 15) is 4.79 Å². The van der Waals surface area contributed by atoms with E-state index >= 15 is 0 Å². The lowest BCUT2D eigenvalue weighted by Crippen LogP contribution is -2.30. The Morgan fingerprint density at radius 1 is 1.37 bits per heavy atom. The van der Waals surface area contributed by atoms with Crippen molar-refractivity contribution in [3.05, 3.63) is 17.8 Å². The Bertz CT molecular complexity index is 466. The number of nitrogens with one attached hydrogen (secondary N) is 1. The Morgan fingerprint density at radius 3 is 2.58 bits per heavy atom. The number of hydrogen-bond acceptors (Lipinski definition) is 4. The van der Waals surface area contributed by atoms with Gasteiger partial charge in [0, 0.05) is 6.04 Å². The lowest BCUT2D eigenvalue weighted by atomic mass is 9.80. The van der Waals surface area contributed by atoms with Crippen molar-refractivity contribution < 1.29 is 9.90 Å². The van der Waals surface area contributed by atoms with Gasteiger partial charge in [0.2, 0.25) is 0 Å². The first kappa shape index (κ1) is 13.6. The molecule has 1 fully saturated rings. The van der Waals surface area contributed by atoms with Gasteiger partial charge in [0.25, 0.3) is 0 Å². The van der Waals surface area contributed by atoms with E-state index in [2.05, 4.69) is 24.1 Å². The van der Waals surface area contributed by atoms with E-state index in [1.807, 2.05) is 0 Å². The third kappa shape index (κ3) is 3.36. The third-order valence-electron chi connectivity index (χ3n) is 3.70. The second-order valence-electron chi connectivity index (χ2n) is 5.72. The van der Waals surface area contributed by atoms with Gasteiger partial charge in [-0.1, -0.05) is 13.8 Å². The number of rotatable bonds is 3. The molecule has 1 saturated carbocycles. The van der Waals surface area contributed by atoms with Crippen LogP contribution in [0.1, 0.15) is 43.5 Å². The van der Waals surface area contributed by atoms with Gasteiger partial charge < -0.3 is 16.2 Å². The zero-order valence-corrected chi connectivity index (χ0v) is 11.4. The molecule has 1 aromatic heterocycles. The zero-order chi connectivity index (χ0) is 14.0. The maximum atomic E-state index is 11.0. The molecule has 1 heterocycles. The summed E-state index contributed by atoms with van der Waals surface area (Å²) >= 11 is 0. The normalized spacial score (nSPS) is 26.9. The maximum Gasteiger partial charge on any atom is 0.337 e. The molecule has 0 saturated heterocycles. The van der Waals surface area contributed by atoms with Gasteiger partial charge in [-0.2, -0.15) is 0 Å². The van der Waals surface area contributed by atoms with E-state index in [1.54, 1.807) is 0 Å². The van der Waals surface area contributed by atoms with Crippen LogP contribution < -0.4 is 11.1 Å². The fourth-order valence-electron chi connectivity index (χ4n) is 3.00. The number of nitrogens with two attached hydrogens (primary N) is 1. The Morgan fingerprint density at radius 2 is 2.00 bits per heavy atom. The van der Waals surface area contributed by atoms with Crippen molar-refractivity contribution in [1.82, 2.24) is 4.98 Å². The minimum absolute atomic E-state index is 0.106. The number of carbonyl (C=O) groups is 1. The number of carboxylic acids is 1. The van der Waals surface area contributed by atoms with Crippen LogP contribution in [0.5, 0.6) is 0 Å². The molecule has 1 aliphatic rings. The van der Waals surface area contributed by atoms with Gasteiger partial charge >= 0.3 is 5.97 Å². The van der Waals surface area contributed by atoms with Crippen LogP contribution in [0, 0.1) is 11.8 Å². The zero-order valence-electron chi connectivity index (χ0n) is 11.4. The molecular weight excluding hydrogens is 242 g/mol. The topological polar surface area (TPSA) is 88.2 Å². The van der Waals surface area contributed by atoms with Crippen LogP contribution in [0.3, 0.4) is 0 Å². The predicted octanol–water partition coefficient (Wildman–Crippen LogP) is 2.60. The van der Waals surface area contributed by atoms with Gasteiger partial charge in [0.15, 0.2) is 0 Å². The predicted molar refractivity (Wildman–Crippen MR) is 75.2 cm³/mol. The number of anilines is 2. The van der Waals surface area contributed by atoms with Crippen LogP contribution >= 0.6 is 0 Å². The molecule has 1 aliphatic carbocycles. The standard InChI is InChI=1S/C14H21N3O2/c1-8-3-9(2)5-10(4-8)17-13-6-11(14(18)19)12(15)7-16-13/h6-10H,3-5,15H2,1-2H3,(H,16,17)(H,18,19). The lowest BCUT2D eigenvalue weighted by molar-refractivity contribution is 0.0698. The van der Waals surface area contributed by atoms with E-state index in [0.29, 0.717) is 23.7 Å². The fraction of sp³-hybridized carbons (Fsp3) is 0.571. The van der Waals surface area contributed by atoms with Gasteiger partial charge in [-0.05, 0) is 37.2 Å².